The molecule has 1 aliphatic heterocycles. The smallest absolute Gasteiger partial charge is 0.238 e. The van der Waals surface area contributed by atoms with Gasteiger partial charge < -0.3 is 5.32 Å². The summed E-state index contributed by atoms with van der Waals surface area (Å²) >= 11 is 0. The second-order valence-corrected chi connectivity index (χ2v) is 8.24. The molecule has 0 saturated heterocycles. The SMILES string of the molecule is Cc1ccc([C@H]2Nc3ccc(S(N)(=O)=O)cc3[C@@H]3C=CC[C@H]23)cc1. The van der Waals surface area contributed by atoms with Crippen LogP contribution in [0.15, 0.2) is 59.5 Å². The van der Waals surface area contributed by atoms with Gasteiger partial charge in [0, 0.05) is 11.6 Å². The van der Waals surface area contributed by atoms with Gasteiger partial charge in [0.2, 0.25) is 10.0 Å². The molecule has 5 heteroatoms. The molecule has 2 aromatic rings. The number of nitrogens with one attached hydrogen (secondary N) is 1. The zero-order valence-corrected chi connectivity index (χ0v) is 14.3. The number of hydrogen-bond acceptors (Lipinski definition) is 3. The highest BCUT2D eigenvalue weighted by Gasteiger charge is 2.38. The van der Waals surface area contributed by atoms with E-state index in [1.54, 1.807) is 12.1 Å². The first-order valence-electron chi connectivity index (χ1n) is 8.10. The van der Waals surface area contributed by atoms with Crippen molar-refractivity contribution in [3.63, 3.8) is 0 Å². The van der Waals surface area contributed by atoms with Crippen LogP contribution in [0.25, 0.3) is 0 Å². The molecule has 1 aliphatic carbocycles. The highest BCUT2D eigenvalue weighted by Crippen LogP contribution is 2.50. The van der Waals surface area contributed by atoms with Crippen LogP contribution < -0.4 is 10.5 Å². The van der Waals surface area contributed by atoms with Gasteiger partial charge in [-0.3, -0.25) is 0 Å². The van der Waals surface area contributed by atoms with Crippen LogP contribution in [0.3, 0.4) is 0 Å². The van der Waals surface area contributed by atoms with E-state index < -0.39 is 10.0 Å². The molecule has 0 bridgehead atoms. The van der Waals surface area contributed by atoms with Crippen LogP contribution in [0.2, 0.25) is 0 Å². The first-order chi connectivity index (χ1) is 11.4. The number of aryl methyl sites for hydroxylation is 1. The first-order valence-corrected chi connectivity index (χ1v) is 9.64. The molecule has 24 heavy (non-hydrogen) atoms. The summed E-state index contributed by atoms with van der Waals surface area (Å²) in [6.45, 7) is 2.09. The second kappa shape index (κ2) is 5.46. The van der Waals surface area contributed by atoms with Crippen LogP contribution >= 0.6 is 0 Å². The van der Waals surface area contributed by atoms with Crippen molar-refractivity contribution in [2.24, 2.45) is 11.1 Å². The molecule has 0 radical (unpaired) electrons. The van der Waals surface area contributed by atoms with Gasteiger partial charge in [-0.1, -0.05) is 42.0 Å². The molecule has 0 fully saturated rings. The van der Waals surface area contributed by atoms with E-state index in [2.05, 4.69) is 48.7 Å². The summed E-state index contributed by atoms with van der Waals surface area (Å²) in [5.74, 6) is 0.602. The normalized spacial score (nSPS) is 25.0. The second-order valence-electron chi connectivity index (χ2n) is 6.68. The first kappa shape index (κ1) is 15.4. The van der Waals surface area contributed by atoms with Crippen molar-refractivity contribution in [1.82, 2.24) is 0 Å². The van der Waals surface area contributed by atoms with Gasteiger partial charge in [0.15, 0.2) is 0 Å². The Morgan fingerprint density at radius 2 is 1.88 bits per heavy atom. The quantitative estimate of drug-likeness (QED) is 0.822. The van der Waals surface area contributed by atoms with Crippen LogP contribution in [0.1, 0.15) is 35.1 Å². The number of nitrogens with two attached hydrogens (primary N) is 1. The maximum atomic E-state index is 11.7. The summed E-state index contributed by atoms with van der Waals surface area (Å²) in [6.07, 6.45) is 5.37. The minimum absolute atomic E-state index is 0.177. The summed E-state index contributed by atoms with van der Waals surface area (Å²) < 4.78 is 23.3. The molecule has 124 valence electrons. The monoisotopic (exact) mass is 340 g/mol. The van der Waals surface area contributed by atoms with Gasteiger partial charge in [0.25, 0.3) is 0 Å². The van der Waals surface area contributed by atoms with Gasteiger partial charge in [0.05, 0.1) is 10.9 Å². The Morgan fingerprint density at radius 1 is 1.12 bits per heavy atom. The van der Waals surface area contributed by atoms with Crippen molar-refractivity contribution in [2.45, 2.75) is 30.2 Å². The molecule has 0 amide bonds. The molecular weight excluding hydrogens is 320 g/mol. The molecular formula is C19H20N2O2S. The number of allylic oxidation sites excluding steroid dienone is 2. The standard InChI is InChI=1S/C19H20N2O2S/c1-12-5-7-13(8-6-12)19-16-4-2-3-15(16)17-11-14(24(20,22)23)9-10-18(17)21-19/h2-3,5-11,15-16,19,21H,4H2,1H3,(H2,20,22,23)/t15-,16+,19-/m1/s1. The van der Waals surface area contributed by atoms with Crippen molar-refractivity contribution < 1.29 is 8.42 Å². The Kier molecular flexibility index (Phi) is 3.51. The van der Waals surface area contributed by atoms with Gasteiger partial charge in [-0.2, -0.15) is 0 Å². The Labute approximate surface area is 142 Å². The molecule has 0 aromatic heterocycles. The third-order valence-electron chi connectivity index (χ3n) is 5.10. The lowest BCUT2D eigenvalue weighted by molar-refractivity contribution is 0.425. The lowest BCUT2D eigenvalue weighted by Gasteiger charge is -2.37. The van der Waals surface area contributed by atoms with Crippen LogP contribution in [0, 0.1) is 12.8 Å². The van der Waals surface area contributed by atoms with Gasteiger partial charge >= 0.3 is 0 Å². The Hall–Kier alpha value is -2.11. The van der Waals surface area contributed by atoms with Crippen molar-refractivity contribution in [3.05, 3.63) is 71.3 Å². The highest BCUT2D eigenvalue weighted by atomic mass is 32.2. The fourth-order valence-corrected chi connectivity index (χ4v) is 4.40. The molecule has 0 spiro atoms. The topological polar surface area (TPSA) is 72.2 Å². The van der Waals surface area contributed by atoms with Crippen molar-refractivity contribution in [1.29, 1.82) is 0 Å². The Bertz CT molecular complexity index is 917. The van der Waals surface area contributed by atoms with Crippen LogP contribution in [0.5, 0.6) is 0 Å². The van der Waals surface area contributed by atoms with Crippen LogP contribution in [-0.4, -0.2) is 8.42 Å². The number of hydrogen-bond donors (Lipinski definition) is 2. The van der Waals surface area contributed by atoms with Crippen molar-refractivity contribution in [2.75, 3.05) is 5.32 Å². The summed E-state index contributed by atoms with van der Waals surface area (Å²) in [5.41, 5.74) is 4.51. The molecule has 3 N–H and O–H groups in total. The third kappa shape index (κ3) is 2.54. The van der Waals surface area contributed by atoms with E-state index in [1.165, 1.54) is 11.1 Å². The third-order valence-corrected chi connectivity index (χ3v) is 6.01. The number of sulfonamides is 1. The maximum absolute atomic E-state index is 11.7. The van der Waals surface area contributed by atoms with Gasteiger partial charge in [-0.15, -0.1) is 0 Å². The largest absolute Gasteiger partial charge is 0.378 e. The molecule has 3 atom stereocenters. The fraction of sp³-hybridized carbons (Fsp3) is 0.263. The average molecular weight is 340 g/mol. The Morgan fingerprint density at radius 3 is 2.58 bits per heavy atom. The molecule has 0 saturated carbocycles. The number of anilines is 1. The number of primary sulfonamides is 1. The van der Waals surface area contributed by atoms with E-state index in [-0.39, 0.29) is 16.9 Å². The molecule has 0 unspecified atom stereocenters. The van der Waals surface area contributed by atoms with E-state index >= 15 is 0 Å². The van der Waals surface area contributed by atoms with Crippen LogP contribution in [0.4, 0.5) is 5.69 Å². The lowest BCUT2D eigenvalue weighted by Crippen LogP contribution is -2.29. The molecule has 4 rings (SSSR count). The lowest BCUT2D eigenvalue weighted by atomic mass is 9.77. The average Bonchev–Trinajstić information content (AvgIpc) is 3.03. The summed E-state index contributed by atoms with van der Waals surface area (Å²) in [6, 6.07) is 14.0. The summed E-state index contributed by atoms with van der Waals surface area (Å²) in [4.78, 5) is 0.177. The minimum Gasteiger partial charge on any atom is -0.378 e. The molecule has 2 aromatic carbocycles. The van der Waals surface area contributed by atoms with Crippen molar-refractivity contribution >= 4 is 15.7 Å². The van der Waals surface area contributed by atoms with Gasteiger partial charge in [0.1, 0.15) is 0 Å². The number of fused-ring (bicyclic) bond motifs is 3. The maximum Gasteiger partial charge on any atom is 0.238 e. The fourth-order valence-electron chi connectivity index (χ4n) is 3.85. The predicted octanol–water partition coefficient (Wildman–Crippen LogP) is 3.47. The van der Waals surface area contributed by atoms with E-state index in [4.69, 9.17) is 5.14 Å². The molecule has 2 aliphatic rings. The van der Waals surface area contributed by atoms with Crippen molar-refractivity contribution in [3.8, 4) is 0 Å². The Balaban J connectivity index is 1.79. The van der Waals surface area contributed by atoms with E-state index in [0.717, 1.165) is 17.7 Å². The molecule has 1 heterocycles. The molecule has 4 nitrogen and oxygen atoms in total. The summed E-state index contributed by atoms with van der Waals surface area (Å²) in [5, 5.41) is 8.90. The predicted molar refractivity (Wildman–Crippen MR) is 95.3 cm³/mol. The number of rotatable bonds is 2. The number of benzene rings is 2. The van der Waals surface area contributed by atoms with Crippen LogP contribution in [-0.2, 0) is 10.0 Å². The van der Waals surface area contributed by atoms with E-state index in [1.807, 2.05) is 6.07 Å². The zero-order chi connectivity index (χ0) is 16.9. The van der Waals surface area contributed by atoms with Gasteiger partial charge in [-0.05, 0) is 48.6 Å². The zero-order valence-electron chi connectivity index (χ0n) is 13.4. The summed E-state index contributed by atoms with van der Waals surface area (Å²) in [7, 11) is -3.69. The van der Waals surface area contributed by atoms with E-state index in [0.29, 0.717) is 5.92 Å². The van der Waals surface area contributed by atoms with E-state index in [9.17, 15) is 8.42 Å². The highest BCUT2D eigenvalue weighted by molar-refractivity contribution is 7.89. The minimum atomic E-state index is -3.69. The van der Waals surface area contributed by atoms with Gasteiger partial charge in [-0.25, -0.2) is 13.6 Å².